The van der Waals surface area contributed by atoms with Crippen LogP contribution in [0.15, 0.2) is 29.3 Å². The van der Waals surface area contributed by atoms with E-state index < -0.39 is 17.8 Å². The smallest absolute Gasteiger partial charge is 0.232 e. The highest BCUT2D eigenvalue weighted by Crippen LogP contribution is 2.35. The van der Waals surface area contributed by atoms with Crippen LogP contribution in [-0.4, -0.2) is 69.3 Å². The molecule has 1 aromatic carbocycles. The van der Waals surface area contributed by atoms with Crippen molar-refractivity contribution in [2.45, 2.75) is 55.9 Å². The van der Waals surface area contributed by atoms with Gasteiger partial charge in [-0.05, 0) is 56.9 Å². The first-order valence-electron chi connectivity index (χ1n) is 10.2. The van der Waals surface area contributed by atoms with E-state index in [2.05, 4.69) is 26.0 Å². The van der Waals surface area contributed by atoms with Crippen molar-refractivity contribution in [2.24, 2.45) is 0 Å². The Morgan fingerprint density at radius 1 is 1.28 bits per heavy atom. The minimum absolute atomic E-state index is 0.0687. The van der Waals surface area contributed by atoms with E-state index in [-0.39, 0.29) is 5.91 Å². The lowest BCUT2D eigenvalue weighted by atomic mass is 9.80. The van der Waals surface area contributed by atoms with E-state index in [9.17, 15) is 15.0 Å². The number of hydrogen-bond donors (Lipinski definition) is 2. The van der Waals surface area contributed by atoms with Gasteiger partial charge in [-0.25, -0.2) is 4.98 Å². The van der Waals surface area contributed by atoms with Crippen LogP contribution in [0, 0.1) is 13.8 Å². The predicted molar refractivity (Wildman–Crippen MR) is 113 cm³/mol. The number of thioether (sulfide) groups is 1. The molecule has 0 radical (unpaired) electrons. The number of piperidine rings is 1. The van der Waals surface area contributed by atoms with Crippen LogP contribution in [0.5, 0.6) is 0 Å². The number of benzene rings is 1. The van der Waals surface area contributed by atoms with E-state index in [1.165, 1.54) is 17.3 Å². The summed E-state index contributed by atoms with van der Waals surface area (Å²) in [4.78, 5) is 19.2. The number of aryl methyl sites for hydroxylation is 2. The lowest BCUT2D eigenvalue weighted by molar-refractivity contribution is -0.213. The molecule has 0 aliphatic carbocycles. The third kappa shape index (κ3) is 4.14. The number of amides is 1. The summed E-state index contributed by atoms with van der Waals surface area (Å²) in [7, 11) is 0. The van der Waals surface area contributed by atoms with Gasteiger partial charge in [-0.2, -0.15) is 0 Å². The molecule has 2 aromatic rings. The number of rotatable bonds is 3. The summed E-state index contributed by atoms with van der Waals surface area (Å²) < 4.78 is 5.85. The van der Waals surface area contributed by atoms with Crippen molar-refractivity contribution in [1.82, 2.24) is 9.88 Å². The minimum Gasteiger partial charge on any atom is -0.390 e. The largest absolute Gasteiger partial charge is 0.390 e. The number of likely N-dealkylation sites (tertiary alicyclic amines) is 1. The predicted octanol–water partition coefficient (Wildman–Crippen LogP) is 2.45. The van der Waals surface area contributed by atoms with E-state index in [0.29, 0.717) is 44.7 Å². The zero-order chi connectivity index (χ0) is 20.6. The molecule has 29 heavy (non-hydrogen) atoms. The topological polar surface area (TPSA) is 82.9 Å². The van der Waals surface area contributed by atoms with E-state index in [1.807, 2.05) is 17.0 Å². The molecule has 3 heterocycles. The van der Waals surface area contributed by atoms with Gasteiger partial charge < -0.3 is 19.8 Å². The summed E-state index contributed by atoms with van der Waals surface area (Å²) in [6.45, 7) is 5.66. The number of aliphatic hydroxyl groups excluding tert-OH is 2. The van der Waals surface area contributed by atoms with Gasteiger partial charge in [0.1, 0.15) is 6.10 Å². The van der Waals surface area contributed by atoms with Gasteiger partial charge in [0.15, 0.2) is 0 Å². The number of hydrogen-bond acceptors (Lipinski definition) is 6. The molecule has 156 valence electrons. The first kappa shape index (κ1) is 20.6. The van der Waals surface area contributed by atoms with Gasteiger partial charge in [-0.1, -0.05) is 23.4 Å². The maximum atomic E-state index is 12.7. The molecule has 1 aromatic heterocycles. The number of ether oxygens (including phenoxy) is 1. The van der Waals surface area contributed by atoms with Crippen LogP contribution in [-0.2, 0) is 9.53 Å². The molecule has 2 saturated heterocycles. The Labute approximate surface area is 175 Å². The van der Waals surface area contributed by atoms with Gasteiger partial charge in [0.05, 0.1) is 34.6 Å². The Morgan fingerprint density at radius 3 is 2.79 bits per heavy atom. The second-order valence-electron chi connectivity index (χ2n) is 8.18. The van der Waals surface area contributed by atoms with Crippen molar-refractivity contribution in [2.75, 3.05) is 25.4 Å². The molecule has 0 unspecified atom stereocenters. The fraction of sp³-hybridized carbons (Fsp3) is 0.545. The Kier molecular flexibility index (Phi) is 5.84. The maximum absolute atomic E-state index is 12.7. The summed E-state index contributed by atoms with van der Waals surface area (Å²) >= 11 is 1.46. The monoisotopic (exact) mass is 416 g/mol. The van der Waals surface area contributed by atoms with E-state index in [0.717, 1.165) is 21.5 Å². The van der Waals surface area contributed by atoms with Gasteiger partial charge in [0, 0.05) is 18.5 Å². The van der Waals surface area contributed by atoms with Crippen LogP contribution in [0.3, 0.4) is 0 Å². The Balaban J connectivity index is 1.36. The summed E-state index contributed by atoms with van der Waals surface area (Å²) in [5, 5.41) is 22.3. The lowest BCUT2D eigenvalue weighted by Gasteiger charge is -2.48. The Hall–Kier alpha value is -1.67. The maximum Gasteiger partial charge on any atom is 0.232 e. The lowest BCUT2D eigenvalue weighted by Crippen LogP contribution is -2.60. The molecule has 1 amide bonds. The van der Waals surface area contributed by atoms with Crippen molar-refractivity contribution in [3.05, 3.63) is 35.4 Å². The second-order valence-corrected chi connectivity index (χ2v) is 9.18. The zero-order valence-electron chi connectivity index (χ0n) is 16.9. The van der Waals surface area contributed by atoms with E-state index >= 15 is 0 Å². The van der Waals surface area contributed by atoms with Gasteiger partial charge in [0.25, 0.3) is 0 Å². The molecule has 7 heteroatoms. The molecular formula is C22H28N2O4S. The van der Waals surface area contributed by atoms with Crippen LogP contribution in [0.25, 0.3) is 10.9 Å². The fourth-order valence-corrected chi connectivity index (χ4v) is 5.21. The summed E-state index contributed by atoms with van der Waals surface area (Å²) in [5.41, 5.74) is 2.61. The number of aliphatic hydroxyl groups is 2. The molecule has 2 N–H and O–H groups in total. The molecule has 0 bridgehead atoms. The third-order valence-electron chi connectivity index (χ3n) is 6.16. The van der Waals surface area contributed by atoms with Crippen LogP contribution in [0.1, 0.15) is 30.4 Å². The van der Waals surface area contributed by atoms with Crippen LogP contribution in [0.4, 0.5) is 0 Å². The quantitative estimate of drug-likeness (QED) is 0.748. The van der Waals surface area contributed by atoms with Gasteiger partial charge in [0.2, 0.25) is 5.91 Å². The SMILES string of the molecule is Cc1ccc2nc(SCC(=O)N3CCC4(CC3)OCC[C@H](O)[C@@H]4O)cc(C)c2c1. The molecule has 2 atom stereocenters. The fourth-order valence-electron chi connectivity index (χ4n) is 4.33. The van der Waals surface area contributed by atoms with Crippen molar-refractivity contribution in [1.29, 1.82) is 0 Å². The normalized spacial score (nSPS) is 24.2. The van der Waals surface area contributed by atoms with Crippen molar-refractivity contribution in [3.8, 4) is 0 Å². The molecule has 6 nitrogen and oxygen atoms in total. The second kappa shape index (κ2) is 8.22. The molecule has 1 spiro atoms. The van der Waals surface area contributed by atoms with E-state index in [4.69, 9.17) is 9.72 Å². The van der Waals surface area contributed by atoms with Crippen molar-refractivity contribution >= 4 is 28.6 Å². The molecule has 2 aliphatic heterocycles. The number of aromatic nitrogens is 1. The minimum atomic E-state index is -0.878. The van der Waals surface area contributed by atoms with Gasteiger partial charge in [-0.15, -0.1) is 0 Å². The molecule has 0 saturated carbocycles. The summed E-state index contributed by atoms with van der Waals surface area (Å²) in [6, 6.07) is 8.26. The van der Waals surface area contributed by atoms with Crippen LogP contribution >= 0.6 is 11.8 Å². The number of carbonyl (C=O) groups is 1. The number of fused-ring (bicyclic) bond motifs is 1. The standard InChI is InChI=1S/C22H28N2O4S/c1-14-3-4-17-16(11-14)15(2)12-19(23-17)29-13-20(26)24-8-6-22(7-9-24)21(27)18(25)5-10-28-22/h3-4,11-12,18,21,25,27H,5-10,13H2,1-2H3/t18-,21-/m0/s1. The zero-order valence-corrected chi connectivity index (χ0v) is 17.7. The highest BCUT2D eigenvalue weighted by molar-refractivity contribution is 7.99. The average Bonchev–Trinajstić information content (AvgIpc) is 2.71. The van der Waals surface area contributed by atoms with Crippen LogP contribution in [0.2, 0.25) is 0 Å². The molecular weight excluding hydrogens is 388 g/mol. The Morgan fingerprint density at radius 2 is 2.03 bits per heavy atom. The third-order valence-corrected chi connectivity index (χ3v) is 7.06. The Bertz CT molecular complexity index is 911. The van der Waals surface area contributed by atoms with Crippen LogP contribution < -0.4 is 0 Å². The molecule has 2 fully saturated rings. The summed E-state index contributed by atoms with van der Waals surface area (Å²) in [6.07, 6.45) is -0.0633. The number of nitrogens with zero attached hydrogens (tertiary/aromatic N) is 2. The molecule has 2 aliphatic rings. The van der Waals surface area contributed by atoms with Crippen molar-refractivity contribution in [3.63, 3.8) is 0 Å². The van der Waals surface area contributed by atoms with Gasteiger partial charge >= 0.3 is 0 Å². The van der Waals surface area contributed by atoms with Gasteiger partial charge in [-0.3, -0.25) is 4.79 Å². The molecule has 4 rings (SSSR count). The highest BCUT2D eigenvalue weighted by atomic mass is 32.2. The first-order valence-corrected chi connectivity index (χ1v) is 11.2. The van der Waals surface area contributed by atoms with E-state index in [1.54, 1.807) is 0 Å². The highest BCUT2D eigenvalue weighted by Gasteiger charge is 2.48. The first-order chi connectivity index (χ1) is 13.9. The number of carbonyl (C=O) groups excluding carboxylic acids is 1. The average molecular weight is 417 g/mol. The number of pyridine rings is 1. The van der Waals surface area contributed by atoms with Crippen molar-refractivity contribution < 1.29 is 19.7 Å². The summed E-state index contributed by atoms with van der Waals surface area (Å²) in [5.74, 6) is 0.405.